The molecular weight excluding hydrogens is 236 g/mol. The van der Waals surface area contributed by atoms with Crippen molar-refractivity contribution < 1.29 is 5.11 Å². The van der Waals surface area contributed by atoms with Crippen LogP contribution in [0.25, 0.3) is 0 Å². The minimum absolute atomic E-state index is 0.177. The molecule has 2 atom stereocenters. The van der Waals surface area contributed by atoms with Crippen molar-refractivity contribution in [2.75, 3.05) is 19.6 Å². The monoisotopic (exact) mass is 260 g/mol. The fourth-order valence-electron chi connectivity index (χ4n) is 2.87. The highest BCUT2D eigenvalue weighted by Crippen LogP contribution is 2.22. The van der Waals surface area contributed by atoms with E-state index in [4.69, 9.17) is 0 Å². The molecule has 2 N–H and O–H groups in total. The number of nitrogens with one attached hydrogen (secondary N) is 1. The molecule has 104 valence electrons. The highest BCUT2D eigenvalue weighted by Gasteiger charge is 2.29. The van der Waals surface area contributed by atoms with Gasteiger partial charge in [-0.2, -0.15) is 0 Å². The molecule has 3 nitrogen and oxygen atoms in total. The molecule has 1 aromatic carbocycles. The zero-order valence-electron chi connectivity index (χ0n) is 11.5. The average molecular weight is 260 g/mol. The second-order valence-electron chi connectivity index (χ2n) is 6.02. The van der Waals surface area contributed by atoms with E-state index in [9.17, 15) is 5.11 Å². The summed E-state index contributed by atoms with van der Waals surface area (Å²) in [7, 11) is 0. The minimum Gasteiger partial charge on any atom is -0.391 e. The lowest BCUT2D eigenvalue weighted by atomic mass is 9.93. The van der Waals surface area contributed by atoms with Gasteiger partial charge in [-0.25, -0.2) is 0 Å². The van der Waals surface area contributed by atoms with Crippen LogP contribution in [0.15, 0.2) is 30.3 Å². The van der Waals surface area contributed by atoms with Gasteiger partial charge in [0, 0.05) is 25.7 Å². The van der Waals surface area contributed by atoms with E-state index in [1.807, 2.05) is 6.07 Å². The first-order valence-corrected chi connectivity index (χ1v) is 7.49. The van der Waals surface area contributed by atoms with Gasteiger partial charge in [-0.1, -0.05) is 30.3 Å². The van der Waals surface area contributed by atoms with Gasteiger partial charge in [0.1, 0.15) is 0 Å². The molecule has 1 heterocycles. The van der Waals surface area contributed by atoms with Crippen molar-refractivity contribution in [3.63, 3.8) is 0 Å². The molecule has 0 spiro atoms. The molecule has 2 aliphatic rings. The lowest BCUT2D eigenvalue weighted by Crippen LogP contribution is -2.46. The second-order valence-corrected chi connectivity index (χ2v) is 6.02. The molecule has 0 unspecified atom stereocenters. The Bertz CT molecular complexity index is 391. The maximum Gasteiger partial charge on any atom is 0.0707 e. The first-order valence-electron chi connectivity index (χ1n) is 7.49. The van der Waals surface area contributed by atoms with Gasteiger partial charge in [0.2, 0.25) is 0 Å². The van der Waals surface area contributed by atoms with E-state index in [0.29, 0.717) is 5.92 Å². The summed E-state index contributed by atoms with van der Waals surface area (Å²) in [5.74, 6) is 0.438. The largest absolute Gasteiger partial charge is 0.391 e. The van der Waals surface area contributed by atoms with Gasteiger partial charge in [-0.15, -0.1) is 0 Å². The van der Waals surface area contributed by atoms with Crippen molar-refractivity contribution in [1.29, 1.82) is 0 Å². The van der Waals surface area contributed by atoms with E-state index >= 15 is 0 Å². The smallest absolute Gasteiger partial charge is 0.0707 e. The SMILES string of the molecule is O[C@H]1CN(Cc2ccccc2)CC[C@H]1CNC1CC1. The number of aliphatic hydroxyl groups is 1. The van der Waals surface area contributed by atoms with Crippen molar-refractivity contribution in [2.45, 2.75) is 38.0 Å². The summed E-state index contributed by atoms with van der Waals surface area (Å²) in [6, 6.07) is 11.3. The first-order chi connectivity index (χ1) is 9.31. The third kappa shape index (κ3) is 3.78. The summed E-state index contributed by atoms with van der Waals surface area (Å²) in [6.07, 6.45) is 3.57. The maximum atomic E-state index is 10.3. The van der Waals surface area contributed by atoms with E-state index in [1.54, 1.807) is 0 Å². The number of likely N-dealkylation sites (tertiary alicyclic amines) is 1. The normalized spacial score (nSPS) is 28.5. The van der Waals surface area contributed by atoms with Gasteiger partial charge in [-0.3, -0.25) is 4.90 Å². The molecule has 1 saturated heterocycles. The van der Waals surface area contributed by atoms with Crippen LogP contribution in [0.4, 0.5) is 0 Å². The molecule has 19 heavy (non-hydrogen) atoms. The molecule has 1 aliphatic heterocycles. The highest BCUT2D eigenvalue weighted by atomic mass is 16.3. The van der Waals surface area contributed by atoms with Crippen molar-refractivity contribution in [3.8, 4) is 0 Å². The van der Waals surface area contributed by atoms with E-state index in [2.05, 4.69) is 34.5 Å². The summed E-state index contributed by atoms with van der Waals surface area (Å²) >= 11 is 0. The van der Waals surface area contributed by atoms with Gasteiger partial charge in [-0.05, 0) is 37.3 Å². The Labute approximate surface area is 115 Å². The van der Waals surface area contributed by atoms with Crippen molar-refractivity contribution >= 4 is 0 Å². The summed E-state index contributed by atoms with van der Waals surface area (Å²) < 4.78 is 0. The summed E-state index contributed by atoms with van der Waals surface area (Å²) in [6.45, 7) is 3.86. The quantitative estimate of drug-likeness (QED) is 0.844. The van der Waals surface area contributed by atoms with Gasteiger partial charge in [0.25, 0.3) is 0 Å². The van der Waals surface area contributed by atoms with Crippen LogP contribution >= 0.6 is 0 Å². The zero-order valence-corrected chi connectivity index (χ0v) is 11.5. The van der Waals surface area contributed by atoms with Crippen LogP contribution in [0.5, 0.6) is 0 Å². The van der Waals surface area contributed by atoms with E-state index in [-0.39, 0.29) is 6.10 Å². The fourth-order valence-corrected chi connectivity index (χ4v) is 2.87. The second kappa shape index (κ2) is 6.04. The number of hydrogen-bond donors (Lipinski definition) is 2. The van der Waals surface area contributed by atoms with Gasteiger partial charge in [0.15, 0.2) is 0 Å². The van der Waals surface area contributed by atoms with E-state index in [0.717, 1.165) is 38.6 Å². The molecule has 0 amide bonds. The lowest BCUT2D eigenvalue weighted by Gasteiger charge is -2.36. The van der Waals surface area contributed by atoms with Crippen molar-refractivity contribution in [2.24, 2.45) is 5.92 Å². The molecule has 1 aromatic rings. The Kier molecular flexibility index (Phi) is 4.16. The van der Waals surface area contributed by atoms with Crippen LogP contribution in [-0.4, -0.2) is 41.8 Å². The zero-order chi connectivity index (χ0) is 13.1. The van der Waals surface area contributed by atoms with Gasteiger partial charge in [0.05, 0.1) is 6.10 Å². The Balaban J connectivity index is 1.46. The van der Waals surface area contributed by atoms with Crippen LogP contribution in [0.3, 0.4) is 0 Å². The number of benzene rings is 1. The molecule has 2 fully saturated rings. The number of nitrogens with zero attached hydrogens (tertiary/aromatic N) is 1. The molecular formula is C16H24N2O. The Hall–Kier alpha value is -0.900. The standard InChI is InChI=1S/C16H24N2O/c19-16-12-18(11-13-4-2-1-3-5-13)9-8-14(16)10-17-15-6-7-15/h1-5,14-17,19H,6-12H2/t14-,16-/m0/s1. The van der Waals surface area contributed by atoms with Crippen LogP contribution in [0.1, 0.15) is 24.8 Å². The third-order valence-corrected chi connectivity index (χ3v) is 4.30. The molecule has 0 aromatic heterocycles. The predicted octanol–water partition coefficient (Wildman–Crippen LogP) is 1.62. The topological polar surface area (TPSA) is 35.5 Å². The van der Waals surface area contributed by atoms with Gasteiger partial charge >= 0.3 is 0 Å². The average Bonchev–Trinajstić information content (AvgIpc) is 3.23. The Morgan fingerprint density at radius 2 is 1.95 bits per heavy atom. The maximum absolute atomic E-state index is 10.3. The number of β-amino-alcohol motifs (C(OH)–C–C–N with tert-alkyl or cyclic N) is 1. The van der Waals surface area contributed by atoms with E-state index in [1.165, 1.54) is 18.4 Å². The molecule has 3 rings (SSSR count). The fraction of sp³-hybridized carbons (Fsp3) is 0.625. The lowest BCUT2D eigenvalue weighted by molar-refractivity contribution is 0.0188. The van der Waals surface area contributed by atoms with Gasteiger partial charge < -0.3 is 10.4 Å². The van der Waals surface area contributed by atoms with Crippen LogP contribution < -0.4 is 5.32 Å². The molecule has 1 aliphatic carbocycles. The van der Waals surface area contributed by atoms with E-state index < -0.39 is 0 Å². The number of aliphatic hydroxyl groups excluding tert-OH is 1. The summed E-state index contributed by atoms with van der Waals surface area (Å²) in [5, 5.41) is 13.8. The van der Waals surface area contributed by atoms with Crippen LogP contribution in [-0.2, 0) is 6.54 Å². The van der Waals surface area contributed by atoms with Crippen LogP contribution in [0.2, 0.25) is 0 Å². The molecule has 3 heteroatoms. The number of hydrogen-bond acceptors (Lipinski definition) is 3. The Morgan fingerprint density at radius 1 is 1.16 bits per heavy atom. The van der Waals surface area contributed by atoms with Crippen LogP contribution in [0, 0.1) is 5.92 Å². The minimum atomic E-state index is -0.177. The summed E-state index contributed by atoms with van der Waals surface area (Å²) in [4.78, 5) is 2.37. The Morgan fingerprint density at radius 3 is 2.63 bits per heavy atom. The molecule has 0 radical (unpaired) electrons. The van der Waals surface area contributed by atoms with Crippen molar-refractivity contribution in [3.05, 3.63) is 35.9 Å². The molecule has 1 saturated carbocycles. The number of piperidine rings is 1. The first kappa shape index (κ1) is 13.1. The predicted molar refractivity (Wildman–Crippen MR) is 76.9 cm³/mol. The molecule has 0 bridgehead atoms. The highest BCUT2D eigenvalue weighted by molar-refractivity contribution is 5.14. The number of rotatable bonds is 5. The summed E-state index contributed by atoms with van der Waals surface area (Å²) in [5.41, 5.74) is 1.34. The van der Waals surface area contributed by atoms with Crippen molar-refractivity contribution in [1.82, 2.24) is 10.2 Å². The third-order valence-electron chi connectivity index (χ3n) is 4.30.